The summed E-state index contributed by atoms with van der Waals surface area (Å²) in [5, 5.41) is 10.1. The van der Waals surface area contributed by atoms with Gasteiger partial charge in [0, 0.05) is 33.5 Å². The summed E-state index contributed by atoms with van der Waals surface area (Å²) in [6.45, 7) is 2.20. The maximum Gasteiger partial charge on any atom is 0.0541 e. The minimum absolute atomic E-state index is 1.10. The minimum atomic E-state index is 1.10. The second-order valence-electron chi connectivity index (χ2n) is 16.6. The van der Waals surface area contributed by atoms with Crippen molar-refractivity contribution in [2.75, 3.05) is 4.90 Å². The molecule has 296 valence electrons. The molecule has 2 heteroatoms. The van der Waals surface area contributed by atoms with Crippen LogP contribution in [-0.4, -0.2) is 4.57 Å². The fraction of sp³-hybridized carbons (Fsp3) is 0.0164. The number of fused-ring (bicyclic) bond motifs is 6. The molecule has 12 aromatic rings. The van der Waals surface area contributed by atoms with Gasteiger partial charge < -0.3 is 9.47 Å². The van der Waals surface area contributed by atoms with Crippen LogP contribution >= 0.6 is 0 Å². The van der Waals surface area contributed by atoms with Crippen molar-refractivity contribution in [3.63, 3.8) is 0 Å². The Bertz CT molecular complexity index is 3600. The predicted octanol–water partition coefficient (Wildman–Crippen LogP) is 17.0. The molecule has 0 saturated heterocycles. The quantitative estimate of drug-likeness (QED) is 0.146. The van der Waals surface area contributed by atoms with E-state index in [1.807, 2.05) is 0 Å². The van der Waals surface area contributed by atoms with Crippen molar-refractivity contribution in [1.82, 2.24) is 4.57 Å². The van der Waals surface area contributed by atoms with Crippen LogP contribution in [0.15, 0.2) is 237 Å². The molecule has 0 saturated carbocycles. The van der Waals surface area contributed by atoms with E-state index < -0.39 is 0 Å². The van der Waals surface area contributed by atoms with E-state index in [-0.39, 0.29) is 0 Å². The lowest BCUT2D eigenvalue weighted by Gasteiger charge is -2.26. The molecular weight excluding hydrogens is 761 g/mol. The molecule has 12 rings (SSSR count). The molecule has 0 bridgehead atoms. The Labute approximate surface area is 367 Å². The monoisotopic (exact) mass is 802 g/mol. The van der Waals surface area contributed by atoms with Gasteiger partial charge in [0.15, 0.2) is 0 Å². The maximum absolute atomic E-state index is 2.37. The Hall–Kier alpha value is -8.20. The van der Waals surface area contributed by atoms with Gasteiger partial charge in [0.25, 0.3) is 0 Å². The molecule has 0 N–H and O–H groups in total. The lowest BCUT2D eigenvalue weighted by Crippen LogP contribution is -2.10. The van der Waals surface area contributed by atoms with Crippen molar-refractivity contribution in [1.29, 1.82) is 0 Å². The summed E-state index contributed by atoms with van der Waals surface area (Å²) in [4.78, 5) is 2.34. The third-order valence-electron chi connectivity index (χ3n) is 12.8. The zero-order chi connectivity index (χ0) is 41.9. The Morgan fingerprint density at radius 2 is 0.762 bits per heavy atom. The molecule has 0 aliphatic carbocycles. The molecule has 0 amide bonds. The number of anilines is 3. The van der Waals surface area contributed by atoms with E-state index in [1.54, 1.807) is 0 Å². The van der Waals surface area contributed by atoms with Crippen molar-refractivity contribution >= 4 is 71.2 Å². The van der Waals surface area contributed by atoms with Gasteiger partial charge in [-0.1, -0.05) is 175 Å². The summed E-state index contributed by atoms with van der Waals surface area (Å²) in [5.74, 6) is 0. The molecule has 0 aliphatic heterocycles. The smallest absolute Gasteiger partial charge is 0.0541 e. The molecule has 0 radical (unpaired) electrons. The second-order valence-corrected chi connectivity index (χ2v) is 16.6. The minimum Gasteiger partial charge on any atom is -0.311 e. The van der Waals surface area contributed by atoms with Crippen LogP contribution in [0.25, 0.3) is 93.2 Å². The third kappa shape index (κ3) is 6.26. The Balaban J connectivity index is 0.900. The van der Waals surface area contributed by atoms with E-state index in [4.69, 9.17) is 0 Å². The lowest BCUT2D eigenvalue weighted by atomic mass is 9.85. The number of para-hydroxylation sites is 3. The summed E-state index contributed by atoms with van der Waals surface area (Å²) in [5.41, 5.74) is 15.5. The van der Waals surface area contributed by atoms with Crippen LogP contribution in [0.4, 0.5) is 17.1 Å². The Morgan fingerprint density at radius 3 is 1.41 bits per heavy atom. The molecule has 11 aromatic carbocycles. The molecule has 63 heavy (non-hydrogen) atoms. The molecule has 1 aromatic heterocycles. The van der Waals surface area contributed by atoms with Gasteiger partial charge in [-0.05, 0) is 139 Å². The van der Waals surface area contributed by atoms with E-state index >= 15 is 0 Å². The summed E-state index contributed by atoms with van der Waals surface area (Å²) in [7, 11) is 0. The first kappa shape index (κ1) is 36.6. The van der Waals surface area contributed by atoms with E-state index in [1.165, 1.54) is 93.1 Å². The second kappa shape index (κ2) is 15.1. The van der Waals surface area contributed by atoms with E-state index in [0.29, 0.717) is 0 Å². The van der Waals surface area contributed by atoms with Crippen LogP contribution in [0, 0.1) is 6.92 Å². The van der Waals surface area contributed by atoms with Crippen molar-refractivity contribution in [2.45, 2.75) is 6.92 Å². The highest BCUT2D eigenvalue weighted by Gasteiger charge is 2.19. The molecule has 0 spiro atoms. The number of nitrogens with zero attached hydrogens (tertiary/aromatic N) is 2. The van der Waals surface area contributed by atoms with Gasteiger partial charge in [0.05, 0.1) is 11.0 Å². The normalized spacial score (nSPS) is 11.6. The van der Waals surface area contributed by atoms with Gasteiger partial charge >= 0.3 is 0 Å². The van der Waals surface area contributed by atoms with Crippen LogP contribution in [0.1, 0.15) is 5.56 Å². The van der Waals surface area contributed by atoms with Crippen molar-refractivity contribution in [3.05, 3.63) is 242 Å². The first-order valence-corrected chi connectivity index (χ1v) is 21.8. The maximum atomic E-state index is 2.37. The molecule has 2 nitrogen and oxygen atoms in total. The number of hydrogen-bond acceptors (Lipinski definition) is 1. The van der Waals surface area contributed by atoms with Crippen LogP contribution in [0.5, 0.6) is 0 Å². The SMILES string of the molecule is Cc1ccc2c(-c3ccc(-c4ccc(N(c5ccccc5)c5ccc(-n6c7ccccc7c7ccccc76)cc5)cc4)cc3)c3ccccc3c(-c3ccc4ccccc4c3)c2c1. The van der Waals surface area contributed by atoms with E-state index in [9.17, 15) is 0 Å². The van der Waals surface area contributed by atoms with Crippen molar-refractivity contribution in [2.24, 2.45) is 0 Å². The highest BCUT2D eigenvalue weighted by atomic mass is 15.1. The number of rotatable bonds is 7. The van der Waals surface area contributed by atoms with E-state index in [2.05, 4.69) is 253 Å². The largest absolute Gasteiger partial charge is 0.311 e. The zero-order valence-corrected chi connectivity index (χ0v) is 34.9. The molecule has 0 unspecified atom stereocenters. The fourth-order valence-corrected chi connectivity index (χ4v) is 9.87. The van der Waals surface area contributed by atoms with Crippen LogP contribution in [0.2, 0.25) is 0 Å². The Kier molecular flexibility index (Phi) is 8.76. The number of aryl methyl sites for hydroxylation is 1. The van der Waals surface area contributed by atoms with E-state index in [0.717, 1.165) is 22.7 Å². The lowest BCUT2D eigenvalue weighted by molar-refractivity contribution is 1.17. The molecule has 1 heterocycles. The van der Waals surface area contributed by atoms with Gasteiger partial charge in [-0.2, -0.15) is 0 Å². The molecule has 0 fully saturated rings. The van der Waals surface area contributed by atoms with Crippen LogP contribution in [-0.2, 0) is 0 Å². The summed E-state index contributed by atoms with van der Waals surface area (Å²) < 4.78 is 2.37. The van der Waals surface area contributed by atoms with Crippen molar-refractivity contribution < 1.29 is 0 Å². The van der Waals surface area contributed by atoms with Gasteiger partial charge in [-0.3, -0.25) is 0 Å². The number of hydrogen-bond donors (Lipinski definition) is 0. The summed E-state index contributed by atoms with van der Waals surface area (Å²) >= 11 is 0. The molecule has 0 atom stereocenters. The van der Waals surface area contributed by atoms with Crippen molar-refractivity contribution in [3.8, 4) is 39.1 Å². The van der Waals surface area contributed by atoms with Gasteiger partial charge in [0.1, 0.15) is 0 Å². The molecular formula is C61H42N2. The highest BCUT2D eigenvalue weighted by molar-refractivity contribution is 6.22. The fourth-order valence-electron chi connectivity index (χ4n) is 9.87. The third-order valence-corrected chi connectivity index (χ3v) is 12.8. The zero-order valence-electron chi connectivity index (χ0n) is 34.9. The summed E-state index contributed by atoms with van der Waals surface area (Å²) in [6.07, 6.45) is 0. The highest BCUT2D eigenvalue weighted by Crippen LogP contribution is 2.45. The Morgan fingerprint density at radius 1 is 0.302 bits per heavy atom. The number of aromatic nitrogens is 1. The van der Waals surface area contributed by atoms with Gasteiger partial charge in [-0.25, -0.2) is 0 Å². The molecule has 0 aliphatic rings. The van der Waals surface area contributed by atoms with Gasteiger partial charge in [0.2, 0.25) is 0 Å². The first-order chi connectivity index (χ1) is 31.2. The van der Waals surface area contributed by atoms with Crippen LogP contribution in [0.3, 0.4) is 0 Å². The van der Waals surface area contributed by atoms with Gasteiger partial charge in [-0.15, -0.1) is 0 Å². The van der Waals surface area contributed by atoms with Crippen LogP contribution < -0.4 is 4.90 Å². The first-order valence-electron chi connectivity index (χ1n) is 21.8. The average Bonchev–Trinajstić information content (AvgIpc) is 3.68. The topological polar surface area (TPSA) is 8.17 Å². The predicted molar refractivity (Wildman–Crippen MR) is 269 cm³/mol. The number of benzene rings is 11. The summed E-state index contributed by atoms with van der Waals surface area (Å²) in [6, 6.07) is 86.5. The standard InChI is InChI=1S/C61H42N2/c1-41-23-38-56-57(39-41)61(47-29-26-42-13-5-6-14-46(42)40-47)55-20-8-7-19-54(55)60(56)45-27-24-43(25-28-45)44-30-32-49(33-31-44)62(48-15-3-2-4-16-48)50-34-36-51(37-35-50)63-58-21-11-9-17-52(58)53-18-10-12-22-59(53)63/h2-40H,1H3. The average molecular weight is 803 g/mol.